The van der Waals surface area contributed by atoms with Crippen molar-refractivity contribution < 1.29 is 27.2 Å². The number of halogens is 4. The number of carbonyl (C=O) groups excluding carboxylic acids is 2. The van der Waals surface area contributed by atoms with Crippen LogP contribution in [0.5, 0.6) is 0 Å². The first-order chi connectivity index (χ1) is 16.7. The number of allylic oxidation sites excluding steroid dienone is 3. The highest BCUT2D eigenvalue weighted by Gasteiger charge is 2.43. The number of benzene rings is 1. The van der Waals surface area contributed by atoms with Gasteiger partial charge in [-0.25, -0.2) is 9.37 Å². The van der Waals surface area contributed by atoms with E-state index in [2.05, 4.69) is 10.3 Å². The molecule has 2 heterocycles. The van der Waals surface area contributed by atoms with Crippen LogP contribution in [0.15, 0.2) is 60.7 Å². The van der Waals surface area contributed by atoms with Crippen LogP contribution in [0.25, 0.3) is 0 Å². The van der Waals surface area contributed by atoms with Gasteiger partial charge >= 0.3 is 6.18 Å². The predicted molar refractivity (Wildman–Crippen MR) is 123 cm³/mol. The summed E-state index contributed by atoms with van der Waals surface area (Å²) in [5.41, 5.74) is -0.649. The largest absolute Gasteiger partial charge is 0.433 e. The van der Waals surface area contributed by atoms with Gasteiger partial charge in [0, 0.05) is 12.5 Å². The van der Waals surface area contributed by atoms with Gasteiger partial charge in [-0.1, -0.05) is 42.5 Å². The van der Waals surface area contributed by atoms with Crippen LogP contribution in [0.1, 0.15) is 40.9 Å². The number of aromatic nitrogens is 1. The van der Waals surface area contributed by atoms with Gasteiger partial charge in [-0.3, -0.25) is 9.59 Å². The van der Waals surface area contributed by atoms with Gasteiger partial charge in [0.25, 0.3) is 5.91 Å². The number of nitrogens with zero attached hydrogens (tertiary/aromatic N) is 2. The molecule has 1 saturated heterocycles. The van der Waals surface area contributed by atoms with E-state index in [0.29, 0.717) is 31.4 Å². The van der Waals surface area contributed by atoms with Gasteiger partial charge < -0.3 is 10.2 Å². The molecule has 1 N–H and O–H groups in total. The first kappa shape index (κ1) is 24.6. The second-order valence-corrected chi connectivity index (χ2v) is 8.78. The van der Waals surface area contributed by atoms with Gasteiger partial charge in [-0.15, -0.1) is 0 Å². The number of nitrogens with one attached hydrogen (secondary N) is 1. The molecule has 1 aliphatic heterocycles. The minimum absolute atomic E-state index is 0.0339. The lowest BCUT2D eigenvalue weighted by Crippen LogP contribution is -2.55. The standard InChI is InChI=1S/C26H25F4N3O2/c1-16-8-5-12-19(27)22(16)25(35)33-15-7-11-18(23(33)17-9-3-2-4-10-17)24(34)32-21-14-6-13-20(31-21)26(28,29)30/h2-6,8-9,12-14,17-18,23H,7,10-11,15H2,1H3,(H,31,32,34)/t17?,18?,23-/m0/s1. The molecule has 2 unspecified atom stereocenters. The molecule has 2 aromatic rings. The van der Waals surface area contributed by atoms with E-state index in [9.17, 15) is 27.2 Å². The number of piperidine rings is 1. The molecule has 1 fully saturated rings. The number of rotatable bonds is 4. The van der Waals surface area contributed by atoms with E-state index in [-0.39, 0.29) is 17.3 Å². The zero-order valence-electron chi connectivity index (χ0n) is 19.1. The monoisotopic (exact) mass is 487 g/mol. The predicted octanol–water partition coefficient (Wildman–Crippen LogP) is 5.54. The van der Waals surface area contributed by atoms with Gasteiger partial charge in [-0.2, -0.15) is 13.2 Å². The Bertz CT molecular complexity index is 1160. The van der Waals surface area contributed by atoms with Crippen molar-refractivity contribution in [2.45, 2.75) is 38.4 Å². The molecule has 0 spiro atoms. The zero-order valence-corrected chi connectivity index (χ0v) is 19.1. The third kappa shape index (κ3) is 5.28. The molecule has 184 valence electrons. The Balaban J connectivity index is 1.65. The van der Waals surface area contributed by atoms with Crippen LogP contribution in [0.3, 0.4) is 0 Å². The van der Waals surface area contributed by atoms with Crippen LogP contribution in [0.2, 0.25) is 0 Å². The van der Waals surface area contributed by atoms with Crippen LogP contribution in [-0.4, -0.2) is 34.3 Å². The summed E-state index contributed by atoms with van der Waals surface area (Å²) in [4.78, 5) is 32.0. The van der Waals surface area contributed by atoms with Crippen molar-refractivity contribution in [1.82, 2.24) is 9.88 Å². The highest BCUT2D eigenvalue weighted by atomic mass is 19.4. The topological polar surface area (TPSA) is 62.3 Å². The van der Waals surface area contributed by atoms with Gasteiger partial charge in [0.05, 0.1) is 17.5 Å². The number of anilines is 1. The lowest BCUT2D eigenvalue weighted by Gasteiger charge is -2.44. The molecule has 9 heteroatoms. The third-order valence-electron chi connectivity index (χ3n) is 6.46. The van der Waals surface area contributed by atoms with E-state index in [1.807, 2.05) is 24.3 Å². The molecule has 0 radical (unpaired) electrons. The van der Waals surface area contributed by atoms with Gasteiger partial charge in [0.15, 0.2) is 0 Å². The Hall–Kier alpha value is -3.49. The number of pyridine rings is 1. The van der Waals surface area contributed by atoms with Crippen molar-refractivity contribution >= 4 is 17.6 Å². The summed E-state index contributed by atoms with van der Waals surface area (Å²) >= 11 is 0. The van der Waals surface area contributed by atoms with Crippen molar-refractivity contribution in [3.05, 3.63) is 83.3 Å². The van der Waals surface area contributed by atoms with Crippen molar-refractivity contribution in [2.24, 2.45) is 11.8 Å². The maximum absolute atomic E-state index is 14.7. The van der Waals surface area contributed by atoms with Crippen molar-refractivity contribution in [2.75, 3.05) is 11.9 Å². The van der Waals surface area contributed by atoms with E-state index in [1.54, 1.807) is 17.9 Å². The van der Waals surface area contributed by atoms with E-state index >= 15 is 0 Å². The molecule has 0 bridgehead atoms. The molecule has 1 aliphatic carbocycles. The van der Waals surface area contributed by atoms with Crippen LogP contribution >= 0.6 is 0 Å². The number of amides is 2. The Morgan fingerprint density at radius 1 is 1.11 bits per heavy atom. The summed E-state index contributed by atoms with van der Waals surface area (Å²) in [5.74, 6) is -2.78. The lowest BCUT2D eigenvalue weighted by atomic mass is 9.77. The fourth-order valence-electron chi connectivity index (χ4n) is 4.85. The van der Waals surface area contributed by atoms with Crippen LogP contribution < -0.4 is 5.32 Å². The molecule has 2 aliphatic rings. The van der Waals surface area contributed by atoms with Crippen molar-refractivity contribution in [3.8, 4) is 0 Å². The molecule has 1 aromatic carbocycles. The fourth-order valence-corrected chi connectivity index (χ4v) is 4.85. The maximum atomic E-state index is 14.7. The van der Waals surface area contributed by atoms with Gasteiger partial charge in [0.1, 0.15) is 17.3 Å². The first-order valence-electron chi connectivity index (χ1n) is 11.4. The summed E-state index contributed by atoms with van der Waals surface area (Å²) in [6, 6.07) is 7.11. The first-order valence-corrected chi connectivity index (χ1v) is 11.4. The molecule has 3 atom stereocenters. The SMILES string of the molecule is Cc1cccc(F)c1C(=O)N1CCCC(C(=O)Nc2cccc(C(F)(F)F)n2)[C@@H]1C1C=CC=CC1. The fraction of sp³-hybridized carbons (Fsp3) is 0.346. The lowest BCUT2D eigenvalue weighted by molar-refractivity contribution is -0.141. The Morgan fingerprint density at radius 2 is 1.89 bits per heavy atom. The van der Waals surface area contributed by atoms with Gasteiger partial charge in [-0.05, 0) is 49.9 Å². The van der Waals surface area contributed by atoms with E-state index in [4.69, 9.17) is 0 Å². The average Bonchev–Trinajstić information content (AvgIpc) is 2.83. The number of likely N-dealkylation sites (tertiary alicyclic amines) is 1. The number of alkyl halides is 3. The zero-order chi connectivity index (χ0) is 25.2. The maximum Gasteiger partial charge on any atom is 0.433 e. The quantitative estimate of drug-likeness (QED) is 0.576. The molecular weight excluding hydrogens is 462 g/mol. The van der Waals surface area contributed by atoms with E-state index in [0.717, 1.165) is 6.07 Å². The van der Waals surface area contributed by atoms with Crippen molar-refractivity contribution in [1.29, 1.82) is 0 Å². The second-order valence-electron chi connectivity index (χ2n) is 8.78. The second kappa shape index (κ2) is 10.0. The molecule has 35 heavy (non-hydrogen) atoms. The molecule has 1 aromatic heterocycles. The molecule has 4 rings (SSSR count). The minimum Gasteiger partial charge on any atom is -0.334 e. The Kier molecular flexibility index (Phi) is 7.05. The minimum atomic E-state index is -4.64. The van der Waals surface area contributed by atoms with Crippen LogP contribution in [0, 0.1) is 24.6 Å². The van der Waals surface area contributed by atoms with Gasteiger partial charge in [0.2, 0.25) is 5.91 Å². The van der Waals surface area contributed by atoms with E-state index < -0.39 is 41.5 Å². The number of aryl methyl sites for hydroxylation is 1. The van der Waals surface area contributed by atoms with Crippen LogP contribution in [0.4, 0.5) is 23.4 Å². The highest BCUT2D eigenvalue weighted by Crippen LogP contribution is 2.35. The summed E-state index contributed by atoms with van der Waals surface area (Å²) < 4.78 is 53.9. The number of hydrogen-bond donors (Lipinski definition) is 1. The summed E-state index contributed by atoms with van der Waals surface area (Å²) in [7, 11) is 0. The molecule has 2 amide bonds. The summed E-state index contributed by atoms with van der Waals surface area (Å²) in [6.07, 6.45) is 4.41. The Labute approximate surface area is 200 Å². The molecular formula is C26H25F4N3O2. The number of carbonyl (C=O) groups is 2. The third-order valence-corrected chi connectivity index (χ3v) is 6.46. The average molecular weight is 487 g/mol. The van der Waals surface area contributed by atoms with Crippen molar-refractivity contribution in [3.63, 3.8) is 0 Å². The summed E-state index contributed by atoms with van der Waals surface area (Å²) in [5, 5.41) is 2.51. The molecule has 0 saturated carbocycles. The highest BCUT2D eigenvalue weighted by molar-refractivity contribution is 5.98. The number of hydrogen-bond acceptors (Lipinski definition) is 3. The Morgan fingerprint density at radius 3 is 2.57 bits per heavy atom. The smallest absolute Gasteiger partial charge is 0.334 e. The summed E-state index contributed by atoms with van der Waals surface area (Å²) in [6.45, 7) is 2.00. The van der Waals surface area contributed by atoms with Crippen LogP contribution in [-0.2, 0) is 11.0 Å². The van der Waals surface area contributed by atoms with E-state index in [1.165, 1.54) is 24.3 Å². The molecule has 5 nitrogen and oxygen atoms in total. The normalized spacial score (nSPS) is 22.2.